The highest BCUT2D eigenvalue weighted by atomic mass is 16.5. The Hall–Kier alpha value is -2.41. The van der Waals surface area contributed by atoms with Crippen molar-refractivity contribution in [2.75, 3.05) is 0 Å². The first-order chi connectivity index (χ1) is 8.83. The summed E-state index contributed by atoms with van der Waals surface area (Å²) in [5, 5.41) is 3.82. The van der Waals surface area contributed by atoms with Crippen molar-refractivity contribution in [3.05, 3.63) is 42.5 Å². The van der Waals surface area contributed by atoms with E-state index < -0.39 is 0 Å². The summed E-state index contributed by atoms with van der Waals surface area (Å²) >= 11 is 0. The molecule has 7 heteroatoms. The molecule has 7 nitrogen and oxygen atoms in total. The molecule has 0 saturated carbocycles. The van der Waals surface area contributed by atoms with Gasteiger partial charge in [-0.1, -0.05) is 5.16 Å². The Morgan fingerprint density at radius 2 is 2.39 bits per heavy atom. The van der Waals surface area contributed by atoms with Gasteiger partial charge in [-0.3, -0.25) is 0 Å². The van der Waals surface area contributed by atoms with Gasteiger partial charge in [0, 0.05) is 18.3 Å². The van der Waals surface area contributed by atoms with Gasteiger partial charge in [0.1, 0.15) is 0 Å². The molecule has 3 aromatic rings. The van der Waals surface area contributed by atoms with Crippen LogP contribution < -0.4 is 5.73 Å². The smallest absolute Gasteiger partial charge is 0.244 e. The van der Waals surface area contributed by atoms with Crippen molar-refractivity contribution in [2.45, 2.75) is 12.5 Å². The second-order valence-electron chi connectivity index (χ2n) is 3.82. The van der Waals surface area contributed by atoms with Gasteiger partial charge in [0.2, 0.25) is 11.7 Å². The molecule has 0 radical (unpaired) electrons. The first-order valence-electron chi connectivity index (χ1n) is 5.43. The van der Waals surface area contributed by atoms with Gasteiger partial charge in [-0.2, -0.15) is 4.98 Å². The summed E-state index contributed by atoms with van der Waals surface area (Å²) in [6.45, 7) is 0. The van der Waals surface area contributed by atoms with E-state index in [0.29, 0.717) is 23.9 Å². The molecule has 0 aromatic carbocycles. The normalized spacial score (nSPS) is 12.7. The maximum atomic E-state index is 5.98. The van der Waals surface area contributed by atoms with Crippen LogP contribution in [0.4, 0.5) is 0 Å². The summed E-state index contributed by atoms with van der Waals surface area (Å²) in [7, 11) is 0. The summed E-state index contributed by atoms with van der Waals surface area (Å²) < 4.78 is 10.3. The molecule has 0 bridgehead atoms. The quantitative estimate of drug-likeness (QED) is 0.717. The molecule has 3 N–H and O–H groups in total. The minimum atomic E-state index is -0.373. The van der Waals surface area contributed by atoms with Crippen LogP contribution in [0, 0.1) is 0 Å². The number of furan rings is 1. The lowest BCUT2D eigenvalue weighted by molar-refractivity contribution is 0.353. The number of aromatic nitrogens is 4. The molecule has 0 fully saturated rings. The van der Waals surface area contributed by atoms with Crippen molar-refractivity contribution in [3.63, 3.8) is 0 Å². The Kier molecular flexibility index (Phi) is 2.66. The van der Waals surface area contributed by atoms with E-state index in [1.807, 2.05) is 0 Å². The van der Waals surface area contributed by atoms with Crippen LogP contribution in [0.3, 0.4) is 0 Å². The van der Waals surface area contributed by atoms with E-state index in [4.69, 9.17) is 14.7 Å². The van der Waals surface area contributed by atoms with E-state index in [2.05, 4.69) is 20.1 Å². The number of nitrogens with zero attached hydrogens (tertiary/aromatic N) is 3. The first-order valence-corrected chi connectivity index (χ1v) is 5.43. The second kappa shape index (κ2) is 4.46. The third-order valence-corrected chi connectivity index (χ3v) is 2.50. The lowest BCUT2D eigenvalue weighted by Crippen LogP contribution is -2.13. The monoisotopic (exact) mass is 245 g/mol. The molecular formula is C11H11N5O2. The van der Waals surface area contributed by atoms with E-state index in [1.165, 1.54) is 0 Å². The van der Waals surface area contributed by atoms with Gasteiger partial charge in [-0.25, -0.2) is 4.98 Å². The molecule has 0 aliphatic rings. The molecule has 3 heterocycles. The number of H-pyrrole nitrogens is 1. The van der Waals surface area contributed by atoms with E-state index in [0.717, 1.165) is 5.69 Å². The Labute approximate surface area is 102 Å². The van der Waals surface area contributed by atoms with Crippen LogP contribution in [0.15, 0.2) is 39.9 Å². The van der Waals surface area contributed by atoms with Crippen molar-refractivity contribution >= 4 is 0 Å². The Bertz CT molecular complexity index is 599. The predicted molar refractivity (Wildman–Crippen MR) is 61.2 cm³/mol. The fourth-order valence-corrected chi connectivity index (χ4v) is 1.61. The van der Waals surface area contributed by atoms with Gasteiger partial charge in [-0.05, 0) is 12.1 Å². The van der Waals surface area contributed by atoms with Crippen molar-refractivity contribution in [1.82, 2.24) is 20.1 Å². The van der Waals surface area contributed by atoms with Crippen molar-refractivity contribution in [2.24, 2.45) is 5.73 Å². The maximum absolute atomic E-state index is 5.98. The number of hydrogen-bond donors (Lipinski definition) is 2. The molecule has 18 heavy (non-hydrogen) atoms. The van der Waals surface area contributed by atoms with Gasteiger partial charge in [0.25, 0.3) is 0 Å². The average molecular weight is 245 g/mol. The van der Waals surface area contributed by atoms with E-state index >= 15 is 0 Å². The van der Waals surface area contributed by atoms with E-state index in [-0.39, 0.29) is 6.04 Å². The van der Waals surface area contributed by atoms with Crippen LogP contribution in [0.25, 0.3) is 11.6 Å². The maximum Gasteiger partial charge on any atom is 0.244 e. The van der Waals surface area contributed by atoms with Crippen molar-refractivity contribution in [1.29, 1.82) is 0 Å². The molecule has 3 aromatic heterocycles. The molecule has 3 rings (SSSR count). The van der Waals surface area contributed by atoms with Crippen LogP contribution in [-0.2, 0) is 6.42 Å². The minimum Gasteiger partial charge on any atom is -0.461 e. The number of aromatic amines is 1. The van der Waals surface area contributed by atoms with Crippen LogP contribution in [0.1, 0.15) is 17.6 Å². The highest BCUT2D eigenvalue weighted by molar-refractivity contribution is 5.44. The zero-order valence-electron chi connectivity index (χ0n) is 9.41. The van der Waals surface area contributed by atoms with Gasteiger partial charge >= 0.3 is 0 Å². The highest BCUT2D eigenvalue weighted by Crippen LogP contribution is 2.19. The zero-order valence-corrected chi connectivity index (χ0v) is 9.41. The number of imidazole rings is 1. The number of hydrogen-bond acceptors (Lipinski definition) is 6. The Balaban J connectivity index is 1.77. The number of rotatable bonds is 4. The molecule has 0 aliphatic heterocycles. The van der Waals surface area contributed by atoms with Crippen LogP contribution in [0.5, 0.6) is 0 Å². The number of nitrogens with two attached hydrogens (primary N) is 1. The SMILES string of the molecule is N[C@H](Cc1cnc[nH]1)c1nc(-c2ccco2)no1. The van der Waals surface area contributed by atoms with E-state index in [1.54, 1.807) is 30.9 Å². The fraction of sp³-hybridized carbons (Fsp3) is 0.182. The minimum absolute atomic E-state index is 0.371. The second-order valence-corrected chi connectivity index (χ2v) is 3.82. The van der Waals surface area contributed by atoms with E-state index in [9.17, 15) is 0 Å². The highest BCUT2D eigenvalue weighted by Gasteiger charge is 2.17. The fourth-order valence-electron chi connectivity index (χ4n) is 1.61. The largest absolute Gasteiger partial charge is 0.461 e. The molecule has 0 aliphatic carbocycles. The third-order valence-electron chi connectivity index (χ3n) is 2.50. The molecule has 92 valence electrons. The summed E-state index contributed by atoms with van der Waals surface area (Å²) in [6, 6.07) is 3.15. The van der Waals surface area contributed by atoms with Gasteiger partial charge in [-0.15, -0.1) is 0 Å². The summed E-state index contributed by atoms with van der Waals surface area (Å²) in [6.07, 6.45) is 5.42. The molecular weight excluding hydrogens is 234 g/mol. The summed E-state index contributed by atoms with van der Waals surface area (Å²) in [5.74, 6) is 1.32. The van der Waals surface area contributed by atoms with Gasteiger partial charge < -0.3 is 19.7 Å². The van der Waals surface area contributed by atoms with Crippen molar-refractivity contribution < 1.29 is 8.94 Å². The van der Waals surface area contributed by atoms with Gasteiger partial charge in [0.05, 0.1) is 18.6 Å². The molecule has 0 saturated heterocycles. The Morgan fingerprint density at radius 1 is 1.44 bits per heavy atom. The molecule has 0 amide bonds. The summed E-state index contributed by atoms with van der Waals surface area (Å²) in [5.41, 5.74) is 6.90. The van der Waals surface area contributed by atoms with Crippen LogP contribution in [-0.4, -0.2) is 20.1 Å². The topological polar surface area (TPSA) is 107 Å². The predicted octanol–water partition coefficient (Wildman–Crippen LogP) is 1.30. The van der Waals surface area contributed by atoms with Crippen molar-refractivity contribution in [3.8, 4) is 11.6 Å². The first kappa shape index (κ1) is 10.7. The lowest BCUT2D eigenvalue weighted by Gasteiger charge is -2.03. The molecule has 0 unspecified atom stereocenters. The number of nitrogens with one attached hydrogen (secondary N) is 1. The average Bonchev–Trinajstić information content (AvgIpc) is 3.11. The third kappa shape index (κ3) is 2.03. The van der Waals surface area contributed by atoms with Gasteiger partial charge in [0.15, 0.2) is 5.76 Å². The molecule has 1 atom stereocenters. The Morgan fingerprint density at radius 3 is 3.11 bits per heavy atom. The molecule has 0 spiro atoms. The van der Waals surface area contributed by atoms with Crippen LogP contribution >= 0.6 is 0 Å². The summed E-state index contributed by atoms with van der Waals surface area (Å²) in [4.78, 5) is 11.1. The van der Waals surface area contributed by atoms with Crippen LogP contribution in [0.2, 0.25) is 0 Å². The standard InChI is InChI=1S/C11H11N5O2/c12-8(4-7-5-13-6-14-7)11-15-10(16-18-11)9-2-1-3-17-9/h1-3,5-6,8H,4,12H2,(H,13,14)/t8-/m1/s1. The lowest BCUT2D eigenvalue weighted by atomic mass is 10.2. The zero-order chi connectivity index (χ0) is 12.4.